The van der Waals surface area contributed by atoms with Crippen LogP contribution in [0.5, 0.6) is 0 Å². The van der Waals surface area contributed by atoms with Gasteiger partial charge in [0.05, 0.1) is 6.54 Å². The lowest BCUT2D eigenvalue weighted by molar-refractivity contribution is 0.285. The van der Waals surface area contributed by atoms with Gasteiger partial charge in [-0.1, -0.05) is 0 Å². The highest BCUT2D eigenvalue weighted by Crippen LogP contribution is 2.17. The van der Waals surface area contributed by atoms with E-state index in [9.17, 15) is 4.39 Å². The van der Waals surface area contributed by atoms with Gasteiger partial charge in [-0.25, -0.2) is 14.4 Å². The number of aryl methyl sites for hydroxylation is 1. The Balaban J connectivity index is 0.000000606. The summed E-state index contributed by atoms with van der Waals surface area (Å²) in [6.45, 7) is 3.22. The minimum atomic E-state index is -0.729. The van der Waals surface area contributed by atoms with Crippen LogP contribution in [0.1, 0.15) is 18.5 Å². The lowest BCUT2D eigenvalue weighted by Crippen LogP contribution is -2.37. The predicted octanol–water partition coefficient (Wildman–Crippen LogP) is 1.30. The van der Waals surface area contributed by atoms with Gasteiger partial charge < -0.3 is 10.6 Å². The van der Waals surface area contributed by atoms with Crippen molar-refractivity contribution >= 4 is 5.95 Å². The second-order valence-corrected chi connectivity index (χ2v) is 3.68. The van der Waals surface area contributed by atoms with Crippen LogP contribution in [0.3, 0.4) is 0 Å². The zero-order valence-corrected chi connectivity index (χ0v) is 9.86. The van der Waals surface area contributed by atoms with Gasteiger partial charge >= 0.3 is 0 Å². The lowest BCUT2D eigenvalue weighted by atomic mass is 10.1. The Kier molecular flexibility index (Phi) is 5.11. The van der Waals surface area contributed by atoms with Crippen LogP contribution in [0.15, 0.2) is 12.3 Å². The first-order chi connectivity index (χ1) is 7.75. The maximum Gasteiger partial charge on any atom is 0.225 e. The molecule has 1 fully saturated rings. The maximum atomic E-state index is 13.1. The summed E-state index contributed by atoms with van der Waals surface area (Å²) in [5.74, 6) is 0.660. The van der Waals surface area contributed by atoms with Crippen molar-refractivity contribution in [1.82, 2.24) is 9.97 Å². The third-order valence-corrected chi connectivity index (χ3v) is 2.43. The quantitative estimate of drug-likeness (QED) is 0.784. The van der Waals surface area contributed by atoms with E-state index >= 15 is 0 Å². The number of halogens is 1. The molecule has 5 heteroatoms. The summed E-state index contributed by atoms with van der Waals surface area (Å²) < 4.78 is 13.1. The van der Waals surface area contributed by atoms with Gasteiger partial charge in [0, 0.05) is 18.4 Å². The van der Waals surface area contributed by atoms with Crippen molar-refractivity contribution in [1.29, 1.82) is 0 Å². The molecule has 4 nitrogen and oxygen atoms in total. The lowest BCUT2D eigenvalue weighted by Gasteiger charge is -2.28. The molecule has 2 N–H and O–H groups in total. The average molecular weight is 226 g/mol. The maximum absolute atomic E-state index is 13.1. The molecule has 1 atom stereocenters. The fourth-order valence-electron chi connectivity index (χ4n) is 1.70. The molecule has 0 spiro atoms. The Hall–Kier alpha value is -1.23. The van der Waals surface area contributed by atoms with E-state index in [1.54, 1.807) is 6.20 Å². The molecule has 1 aromatic heterocycles. The molecule has 16 heavy (non-hydrogen) atoms. The van der Waals surface area contributed by atoms with Crippen LogP contribution in [-0.4, -0.2) is 36.3 Å². The van der Waals surface area contributed by atoms with E-state index in [1.165, 1.54) is 7.05 Å². The van der Waals surface area contributed by atoms with Gasteiger partial charge in [0.25, 0.3) is 0 Å². The van der Waals surface area contributed by atoms with Crippen molar-refractivity contribution in [2.75, 3.05) is 25.0 Å². The highest BCUT2D eigenvalue weighted by Gasteiger charge is 2.20. The van der Waals surface area contributed by atoms with E-state index < -0.39 is 6.17 Å². The Morgan fingerprint density at radius 2 is 2.25 bits per heavy atom. The number of nitrogens with two attached hydrogens (primary N) is 1. The van der Waals surface area contributed by atoms with Crippen LogP contribution in [-0.2, 0) is 0 Å². The van der Waals surface area contributed by atoms with E-state index in [2.05, 4.69) is 15.7 Å². The predicted molar refractivity (Wildman–Crippen MR) is 63.2 cm³/mol. The van der Waals surface area contributed by atoms with Gasteiger partial charge in [-0.05, 0) is 32.9 Å². The Labute approximate surface area is 95.7 Å². The monoisotopic (exact) mass is 226 g/mol. The largest absolute Gasteiger partial charge is 0.338 e. The smallest absolute Gasteiger partial charge is 0.225 e. The van der Waals surface area contributed by atoms with Crippen LogP contribution in [0.2, 0.25) is 0 Å². The van der Waals surface area contributed by atoms with Crippen molar-refractivity contribution in [2.24, 2.45) is 5.73 Å². The molecule has 0 saturated carbocycles. The van der Waals surface area contributed by atoms with E-state index in [0.717, 1.165) is 18.7 Å². The highest BCUT2D eigenvalue weighted by atomic mass is 19.1. The van der Waals surface area contributed by atoms with Crippen LogP contribution in [0.25, 0.3) is 0 Å². The number of hydrogen-bond acceptors (Lipinski definition) is 4. The fourth-order valence-corrected chi connectivity index (χ4v) is 1.70. The number of rotatable bonds is 1. The third-order valence-electron chi connectivity index (χ3n) is 2.43. The van der Waals surface area contributed by atoms with Crippen LogP contribution < -0.4 is 10.6 Å². The van der Waals surface area contributed by atoms with Crippen LogP contribution in [0, 0.1) is 6.92 Å². The minimum absolute atomic E-state index is 0.434. The molecule has 1 aliphatic heterocycles. The number of alkyl halides is 1. The van der Waals surface area contributed by atoms with Crippen molar-refractivity contribution in [3.8, 4) is 0 Å². The molecule has 2 heterocycles. The Bertz CT molecular complexity index is 319. The van der Waals surface area contributed by atoms with Crippen LogP contribution >= 0.6 is 0 Å². The molecule has 0 aromatic carbocycles. The fraction of sp³-hybridized carbons (Fsp3) is 0.636. The van der Waals surface area contributed by atoms with E-state index in [-0.39, 0.29) is 0 Å². The molecule has 90 valence electrons. The van der Waals surface area contributed by atoms with Gasteiger partial charge in [-0.15, -0.1) is 0 Å². The molecule has 1 aromatic rings. The van der Waals surface area contributed by atoms with Crippen molar-refractivity contribution in [2.45, 2.75) is 25.9 Å². The third kappa shape index (κ3) is 3.41. The highest BCUT2D eigenvalue weighted by molar-refractivity contribution is 5.30. The zero-order valence-electron chi connectivity index (χ0n) is 9.86. The van der Waals surface area contributed by atoms with E-state index in [0.29, 0.717) is 18.9 Å². The number of piperidine rings is 1. The zero-order chi connectivity index (χ0) is 12.0. The summed E-state index contributed by atoms with van der Waals surface area (Å²) >= 11 is 0. The SMILES string of the molecule is CN.Cc1ccnc(N2CCCC(F)C2)n1. The Morgan fingerprint density at radius 3 is 2.88 bits per heavy atom. The molecule has 0 radical (unpaired) electrons. The standard InChI is InChI=1S/C10H14FN3.CH5N/c1-8-4-5-12-10(13-8)14-6-2-3-9(11)7-14;1-2/h4-5,9H,2-3,6-7H2,1H3;2H2,1H3. The second-order valence-electron chi connectivity index (χ2n) is 3.68. The van der Waals surface area contributed by atoms with Crippen LogP contribution in [0.4, 0.5) is 10.3 Å². The van der Waals surface area contributed by atoms with Crippen molar-refractivity contribution in [3.63, 3.8) is 0 Å². The molecule has 1 saturated heterocycles. The van der Waals surface area contributed by atoms with Gasteiger partial charge in [-0.3, -0.25) is 0 Å². The first-order valence-electron chi connectivity index (χ1n) is 5.52. The number of aromatic nitrogens is 2. The second kappa shape index (κ2) is 6.37. The molecule has 1 unspecified atom stereocenters. The summed E-state index contributed by atoms with van der Waals surface area (Å²) in [6.07, 6.45) is 2.55. The summed E-state index contributed by atoms with van der Waals surface area (Å²) in [7, 11) is 1.50. The van der Waals surface area contributed by atoms with Crippen molar-refractivity contribution in [3.05, 3.63) is 18.0 Å². The number of nitrogens with zero attached hydrogens (tertiary/aromatic N) is 3. The van der Waals surface area contributed by atoms with Gasteiger partial charge in [0.15, 0.2) is 0 Å². The topological polar surface area (TPSA) is 55.0 Å². The first-order valence-corrected chi connectivity index (χ1v) is 5.52. The molecule has 2 rings (SSSR count). The number of hydrogen-bond donors (Lipinski definition) is 1. The summed E-state index contributed by atoms with van der Waals surface area (Å²) in [6, 6.07) is 1.85. The normalized spacial score (nSPS) is 20.0. The van der Waals surface area contributed by atoms with E-state index in [1.807, 2.05) is 17.9 Å². The average Bonchev–Trinajstić information content (AvgIpc) is 2.32. The van der Waals surface area contributed by atoms with Gasteiger partial charge in [0.1, 0.15) is 6.17 Å². The summed E-state index contributed by atoms with van der Waals surface area (Å²) in [5, 5.41) is 0. The summed E-state index contributed by atoms with van der Waals surface area (Å²) in [4.78, 5) is 10.3. The molecule has 0 amide bonds. The summed E-state index contributed by atoms with van der Waals surface area (Å²) in [5.41, 5.74) is 5.43. The van der Waals surface area contributed by atoms with Gasteiger partial charge in [-0.2, -0.15) is 0 Å². The number of anilines is 1. The molecule has 1 aliphatic rings. The first kappa shape index (κ1) is 12.8. The Morgan fingerprint density at radius 1 is 1.50 bits per heavy atom. The van der Waals surface area contributed by atoms with E-state index in [4.69, 9.17) is 0 Å². The minimum Gasteiger partial charge on any atom is -0.338 e. The van der Waals surface area contributed by atoms with Gasteiger partial charge in [0.2, 0.25) is 5.95 Å². The molecular weight excluding hydrogens is 207 g/mol. The molecular formula is C11H19FN4. The molecule has 0 aliphatic carbocycles. The van der Waals surface area contributed by atoms with Crippen molar-refractivity contribution < 1.29 is 4.39 Å². The molecule has 0 bridgehead atoms.